The molecule has 0 aromatic heterocycles. The van der Waals surface area contributed by atoms with E-state index in [4.69, 9.17) is 8.76 Å². The average Bonchev–Trinajstić information content (AvgIpc) is 3.57. The molecule has 1 saturated carbocycles. The second-order valence-electron chi connectivity index (χ2n) is 18.0. The van der Waals surface area contributed by atoms with Gasteiger partial charge in [0.15, 0.2) is 11.6 Å². The van der Waals surface area contributed by atoms with Crippen LogP contribution in [0, 0.1) is 45.8 Å². The molecule has 1 heterocycles. The van der Waals surface area contributed by atoms with E-state index in [2.05, 4.69) is 93.4 Å². The highest BCUT2D eigenvalue weighted by atomic mass is 32.2. The van der Waals surface area contributed by atoms with Gasteiger partial charge in [0.1, 0.15) is 5.78 Å². The smallest absolute Gasteiger partial charge is 0.155 e. The molecule has 6 N–H and O–H groups in total. The normalized spacial score (nSPS) is 23.2. The molecule has 2 aliphatic rings. The molecular weight excluding hydrogens is 675 g/mol. The molecule has 7 atom stereocenters. The summed E-state index contributed by atoms with van der Waals surface area (Å²) in [6, 6.07) is -0.398. The van der Waals surface area contributed by atoms with Crippen molar-refractivity contribution < 1.29 is 28.3 Å². The quantitative estimate of drug-likeness (QED) is 0.125. The zero-order chi connectivity index (χ0) is 41.9. The molecule has 0 amide bonds. The summed E-state index contributed by atoms with van der Waals surface area (Å²) in [7, 11) is 0. The molecular formula is C42H88N3O6S-. The van der Waals surface area contributed by atoms with Gasteiger partial charge in [0, 0.05) is 40.7 Å². The largest absolute Gasteiger partial charge is 0.773 e. The SMILES string of the molecule is C=C[C@@H]1C[C@]1(CC(C)(C)C(=O)[C@H]1NC[C@H](O)C1C)C(=O)C(C)C.CC.CC(C)C.CC(C)C(=O)[C@@H](NC(C)(C)C)C(C)(C)C.CCC.CS(=O)[O-].N. The van der Waals surface area contributed by atoms with Crippen LogP contribution in [0.2, 0.25) is 0 Å². The van der Waals surface area contributed by atoms with Crippen LogP contribution in [0.4, 0.5) is 0 Å². The lowest BCUT2D eigenvalue weighted by molar-refractivity contribution is -0.134. The fraction of sp³-hybridized carbons (Fsp3) is 0.881. The third-order valence-electron chi connectivity index (χ3n) is 8.12. The predicted octanol–water partition coefficient (Wildman–Crippen LogP) is 9.13. The van der Waals surface area contributed by atoms with Crippen molar-refractivity contribution in [3.05, 3.63) is 12.7 Å². The summed E-state index contributed by atoms with van der Waals surface area (Å²) in [6.45, 7) is 45.2. The van der Waals surface area contributed by atoms with Gasteiger partial charge in [0.2, 0.25) is 0 Å². The highest BCUT2D eigenvalue weighted by Gasteiger charge is 2.61. The summed E-state index contributed by atoms with van der Waals surface area (Å²) in [5, 5.41) is 16.5. The van der Waals surface area contributed by atoms with Crippen molar-refractivity contribution in [1.29, 1.82) is 0 Å². The van der Waals surface area contributed by atoms with Crippen molar-refractivity contribution in [1.82, 2.24) is 16.8 Å². The maximum atomic E-state index is 13.0. The first-order valence-electron chi connectivity index (χ1n) is 19.3. The summed E-state index contributed by atoms with van der Waals surface area (Å²) in [5.74, 6) is 1.64. The van der Waals surface area contributed by atoms with Crippen molar-refractivity contribution >= 4 is 28.4 Å². The van der Waals surface area contributed by atoms with Crippen LogP contribution in [0.15, 0.2) is 12.7 Å². The highest BCUT2D eigenvalue weighted by Crippen LogP contribution is 2.61. The zero-order valence-corrected chi connectivity index (χ0v) is 38.7. The Kier molecular flexibility index (Phi) is 31.5. The second kappa shape index (κ2) is 27.3. The van der Waals surface area contributed by atoms with E-state index in [-0.39, 0.29) is 64.4 Å². The molecule has 9 nitrogen and oxygen atoms in total. The molecule has 314 valence electrons. The monoisotopic (exact) mass is 763 g/mol. The predicted molar refractivity (Wildman–Crippen MR) is 225 cm³/mol. The molecule has 0 aromatic carbocycles. The Labute approximate surface area is 325 Å². The second-order valence-corrected chi connectivity index (χ2v) is 18.9. The lowest BCUT2D eigenvalue weighted by atomic mass is 9.71. The fourth-order valence-corrected chi connectivity index (χ4v) is 5.74. The maximum Gasteiger partial charge on any atom is 0.155 e. The van der Waals surface area contributed by atoms with Crippen LogP contribution in [-0.4, -0.2) is 67.7 Å². The minimum Gasteiger partial charge on any atom is -0.773 e. The summed E-state index contributed by atoms with van der Waals surface area (Å²) in [5.41, 5.74) is -1.08. The van der Waals surface area contributed by atoms with Gasteiger partial charge >= 0.3 is 0 Å². The van der Waals surface area contributed by atoms with E-state index < -0.39 is 28.0 Å². The Hall–Kier alpha value is -1.30. The van der Waals surface area contributed by atoms with Gasteiger partial charge in [-0.15, -0.1) is 6.58 Å². The Morgan fingerprint density at radius 3 is 1.58 bits per heavy atom. The van der Waals surface area contributed by atoms with Crippen molar-refractivity contribution in [3.8, 4) is 0 Å². The molecule has 0 spiro atoms. The molecule has 0 bridgehead atoms. The van der Waals surface area contributed by atoms with Gasteiger partial charge in [-0.25, -0.2) is 0 Å². The lowest BCUT2D eigenvalue weighted by Crippen LogP contribution is -2.55. The Morgan fingerprint density at radius 2 is 1.35 bits per heavy atom. The number of aliphatic hydroxyl groups is 1. The van der Waals surface area contributed by atoms with Crippen LogP contribution in [0.5, 0.6) is 0 Å². The van der Waals surface area contributed by atoms with E-state index in [0.717, 1.165) is 18.6 Å². The number of carbonyl (C=O) groups is 3. The highest BCUT2D eigenvalue weighted by molar-refractivity contribution is 7.78. The van der Waals surface area contributed by atoms with E-state index >= 15 is 0 Å². The minimum absolute atomic E-state index is 0. The number of allylic oxidation sites excluding steroid dienone is 1. The third-order valence-corrected chi connectivity index (χ3v) is 8.12. The number of hydrogen-bond acceptors (Lipinski definition) is 9. The van der Waals surface area contributed by atoms with Crippen LogP contribution in [0.1, 0.15) is 158 Å². The molecule has 0 aromatic rings. The van der Waals surface area contributed by atoms with Gasteiger partial charge in [-0.3, -0.25) is 18.6 Å². The van der Waals surface area contributed by atoms with Gasteiger partial charge in [-0.2, -0.15) is 0 Å². The summed E-state index contributed by atoms with van der Waals surface area (Å²) in [6.07, 6.45) is 5.09. The summed E-state index contributed by atoms with van der Waals surface area (Å²) >= 11 is -1.86. The molecule has 1 saturated heterocycles. The third kappa shape index (κ3) is 24.2. The van der Waals surface area contributed by atoms with Gasteiger partial charge in [-0.1, -0.05) is 141 Å². The van der Waals surface area contributed by atoms with Crippen molar-refractivity contribution in [2.24, 2.45) is 45.8 Å². The number of carbonyl (C=O) groups excluding carboxylic acids is 3. The average molecular weight is 763 g/mol. The topological polar surface area (TPSA) is 171 Å². The summed E-state index contributed by atoms with van der Waals surface area (Å²) in [4.78, 5) is 37.8. The first kappa shape index (κ1) is 60.0. The lowest BCUT2D eigenvalue weighted by Gasteiger charge is -2.37. The van der Waals surface area contributed by atoms with Gasteiger partial charge in [0.25, 0.3) is 0 Å². The Balaban J connectivity index is -0.000000218. The zero-order valence-electron chi connectivity index (χ0n) is 37.8. The number of rotatable bonds is 10. The van der Waals surface area contributed by atoms with Gasteiger partial charge in [-0.05, 0) is 57.1 Å². The number of aliphatic hydroxyl groups excluding tert-OH is 1. The van der Waals surface area contributed by atoms with E-state index in [1.54, 1.807) is 0 Å². The van der Waals surface area contributed by atoms with Crippen LogP contribution in [0.25, 0.3) is 0 Å². The molecule has 2 rings (SSSR count). The van der Waals surface area contributed by atoms with Gasteiger partial charge < -0.3 is 26.4 Å². The Morgan fingerprint density at radius 1 is 0.962 bits per heavy atom. The van der Waals surface area contributed by atoms with E-state index in [9.17, 15) is 19.5 Å². The van der Waals surface area contributed by atoms with E-state index in [1.807, 2.05) is 68.4 Å². The number of nitrogens with one attached hydrogen (secondary N) is 2. The van der Waals surface area contributed by atoms with Gasteiger partial charge in [0.05, 0.1) is 18.2 Å². The maximum absolute atomic E-state index is 13.0. The molecule has 2 fully saturated rings. The molecule has 52 heavy (non-hydrogen) atoms. The van der Waals surface area contributed by atoms with E-state index in [0.29, 0.717) is 18.7 Å². The van der Waals surface area contributed by atoms with Crippen molar-refractivity contribution in [2.45, 2.75) is 181 Å². The molecule has 10 heteroatoms. The number of ketones is 3. The van der Waals surface area contributed by atoms with E-state index in [1.165, 1.54) is 6.42 Å². The number of β-amino-alcohol motifs (C(OH)–C–C–N with tert-alkyl or cyclic N) is 1. The molecule has 1 aliphatic heterocycles. The standard InChI is InChI=1S/C19H31NO3.C13H27NO.C4H10.C3H8.C2H6.CH4O2S.H3N/c1-7-13-8-19(13,16(22)11(2)3)10-18(5,6)17(23)15-12(4)14(21)9-20-15;1-9(2)10(15)11(12(3,4)5)14-13(6,7)8;1-4(2)3;1-3-2;1-2;1-4(2)3;/h7,11-15,20-21H,1,8-10H2,2-6H3;9,11,14H,1-8H3;4H,1-3H3;3H2,1-2H3;1-2H3;1H3,(H,2,3);1H3/p-1/t12?,13-,14+,15+,19-;11-;;;;;/m11...../s1. The van der Waals surface area contributed by atoms with Crippen LogP contribution in [0.3, 0.4) is 0 Å². The molecule has 1 aliphatic carbocycles. The first-order valence-corrected chi connectivity index (χ1v) is 20.8. The van der Waals surface area contributed by atoms with Crippen LogP contribution < -0.4 is 16.8 Å². The Bertz CT molecular complexity index is 1020. The number of hydrogen-bond donors (Lipinski definition) is 4. The minimum atomic E-state index is -1.86. The fourth-order valence-electron chi connectivity index (χ4n) is 5.74. The summed E-state index contributed by atoms with van der Waals surface area (Å²) < 4.78 is 18.0. The van der Waals surface area contributed by atoms with Crippen LogP contribution >= 0.6 is 0 Å². The van der Waals surface area contributed by atoms with Crippen molar-refractivity contribution in [3.63, 3.8) is 0 Å². The molecule has 0 radical (unpaired) electrons. The first-order chi connectivity index (χ1) is 22.9. The van der Waals surface area contributed by atoms with Crippen molar-refractivity contribution in [2.75, 3.05) is 12.8 Å². The number of Topliss-reactive ketones (excluding diaryl/α,β-unsaturated/α-hetero) is 3. The molecule has 2 unspecified atom stereocenters. The van der Waals surface area contributed by atoms with Crippen LogP contribution in [-0.2, 0) is 25.5 Å².